The number of nitrogens with two attached hydrogens (primary N) is 2. The normalized spacial score (nSPS) is 16.1. The van der Waals surface area contributed by atoms with E-state index in [1.54, 1.807) is 4.68 Å². The molecule has 3 rings (SSSR count). The van der Waals surface area contributed by atoms with Crippen molar-refractivity contribution < 1.29 is 0 Å². The molecule has 0 spiro atoms. The molecule has 84 valence electrons. The highest BCUT2D eigenvalue weighted by molar-refractivity contribution is 5.99. The Hall–Kier alpha value is -1.84. The van der Waals surface area contributed by atoms with Crippen LogP contribution in [0.4, 0.5) is 11.4 Å². The monoisotopic (exact) mass is 216 g/mol. The van der Waals surface area contributed by atoms with Crippen LogP contribution in [0.25, 0.3) is 10.9 Å². The van der Waals surface area contributed by atoms with E-state index in [0.29, 0.717) is 0 Å². The van der Waals surface area contributed by atoms with Gasteiger partial charge in [-0.15, -0.1) is 0 Å². The molecule has 1 aromatic heterocycles. The zero-order valence-corrected chi connectivity index (χ0v) is 9.19. The Kier molecular flexibility index (Phi) is 1.96. The Bertz CT molecular complexity index is 523. The minimum Gasteiger partial charge on any atom is -0.398 e. The molecule has 1 aliphatic rings. The number of hydrogen-bond donors (Lipinski definition) is 2. The van der Waals surface area contributed by atoms with Gasteiger partial charge in [-0.25, -0.2) is 0 Å². The first-order valence-corrected chi connectivity index (χ1v) is 5.67. The van der Waals surface area contributed by atoms with E-state index in [-0.39, 0.29) is 0 Å². The van der Waals surface area contributed by atoms with Gasteiger partial charge in [0.1, 0.15) is 0 Å². The smallest absolute Gasteiger partial charge is 0.0943 e. The standard InChI is InChI=1S/C12H16N4/c13-10-3-4-11(15-6-1-2-7-15)12-9(10)5-8-16(12)14/h3-5,8H,1-2,6-7,13-14H2. The summed E-state index contributed by atoms with van der Waals surface area (Å²) in [7, 11) is 0. The summed E-state index contributed by atoms with van der Waals surface area (Å²) >= 11 is 0. The number of rotatable bonds is 1. The first-order valence-electron chi connectivity index (χ1n) is 5.67. The van der Waals surface area contributed by atoms with Crippen molar-refractivity contribution in [2.75, 3.05) is 29.6 Å². The molecular weight excluding hydrogens is 200 g/mol. The van der Waals surface area contributed by atoms with Crippen molar-refractivity contribution in [3.8, 4) is 0 Å². The van der Waals surface area contributed by atoms with Crippen molar-refractivity contribution in [3.05, 3.63) is 24.4 Å². The average molecular weight is 216 g/mol. The molecular formula is C12H16N4. The minimum atomic E-state index is 0.794. The van der Waals surface area contributed by atoms with Crippen LogP contribution in [-0.4, -0.2) is 17.8 Å². The lowest BCUT2D eigenvalue weighted by Crippen LogP contribution is -2.19. The number of benzene rings is 1. The molecule has 0 amide bonds. The summed E-state index contributed by atoms with van der Waals surface area (Å²) in [6.07, 6.45) is 4.38. The number of anilines is 2. The van der Waals surface area contributed by atoms with E-state index in [1.165, 1.54) is 18.5 Å². The lowest BCUT2D eigenvalue weighted by molar-refractivity contribution is 0.949. The van der Waals surface area contributed by atoms with Crippen LogP contribution in [0.15, 0.2) is 24.4 Å². The predicted molar refractivity (Wildman–Crippen MR) is 67.9 cm³/mol. The van der Waals surface area contributed by atoms with Gasteiger partial charge in [0.05, 0.1) is 11.2 Å². The number of fused-ring (bicyclic) bond motifs is 1. The maximum atomic E-state index is 5.95. The summed E-state index contributed by atoms with van der Waals surface area (Å²) in [6.45, 7) is 2.23. The Morgan fingerprint density at radius 1 is 1.06 bits per heavy atom. The van der Waals surface area contributed by atoms with Gasteiger partial charge in [-0.1, -0.05) is 0 Å². The van der Waals surface area contributed by atoms with Gasteiger partial charge in [-0.3, -0.25) is 4.68 Å². The molecule has 2 heterocycles. The van der Waals surface area contributed by atoms with Crippen LogP contribution in [0.1, 0.15) is 12.8 Å². The van der Waals surface area contributed by atoms with Gasteiger partial charge in [0, 0.05) is 30.4 Å². The van der Waals surface area contributed by atoms with E-state index >= 15 is 0 Å². The van der Waals surface area contributed by atoms with E-state index in [0.717, 1.165) is 29.7 Å². The van der Waals surface area contributed by atoms with Crippen molar-refractivity contribution in [2.45, 2.75) is 12.8 Å². The summed E-state index contributed by atoms with van der Waals surface area (Å²) in [4.78, 5) is 2.38. The SMILES string of the molecule is Nc1ccc(N2CCCC2)c2c1ccn2N. The molecule has 1 fully saturated rings. The van der Waals surface area contributed by atoms with Crippen LogP contribution < -0.4 is 16.5 Å². The molecule has 4 heteroatoms. The first-order chi connectivity index (χ1) is 7.77. The first kappa shape index (κ1) is 9.39. The summed E-state index contributed by atoms with van der Waals surface area (Å²) in [5.74, 6) is 5.95. The highest BCUT2D eigenvalue weighted by atomic mass is 15.3. The fraction of sp³-hybridized carbons (Fsp3) is 0.333. The lowest BCUT2D eigenvalue weighted by Gasteiger charge is -2.19. The molecule has 16 heavy (non-hydrogen) atoms. The van der Waals surface area contributed by atoms with Crippen molar-refractivity contribution >= 4 is 22.3 Å². The van der Waals surface area contributed by atoms with Crippen LogP contribution in [0.3, 0.4) is 0 Å². The molecule has 0 bridgehead atoms. The van der Waals surface area contributed by atoms with Crippen molar-refractivity contribution in [1.82, 2.24) is 4.68 Å². The van der Waals surface area contributed by atoms with E-state index in [9.17, 15) is 0 Å². The lowest BCUT2D eigenvalue weighted by atomic mass is 10.2. The number of hydrogen-bond acceptors (Lipinski definition) is 3. The van der Waals surface area contributed by atoms with Crippen molar-refractivity contribution in [2.24, 2.45) is 0 Å². The van der Waals surface area contributed by atoms with Crippen LogP contribution in [0, 0.1) is 0 Å². The summed E-state index contributed by atoms with van der Waals surface area (Å²) in [6, 6.07) is 6.02. The summed E-state index contributed by atoms with van der Waals surface area (Å²) in [5, 5.41) is 1.05. The van der Waals surface area contributed by atoms with E-state index in [2.05, 4.69) is 11.0 Å². The number of aromatic nitrogens is 1. The highest BCUT2D eigenvalue weighted by Gasteiger charge is 2.17. The van der Waals surface area contributed by atoms with Gasteiger partial charge in [0.25, 0.3) is 0 Å². The van der Waals surface area contributed by atoms with Crippen LogP contribution in [0.5, 0.6) is 0 Å². The Labute approximate surface area is 94.4 Å². The van der Waals surface area contributed by atoms with Crippen molar-refractivity contribution in [3.63, 3.8) is 0 Å². The Balaban J connectivity index is 2.23. The predicted octanol–water partition coefficient (Wildman–Crippen LogP) is 1.54. The number of nitrogen functional groups attached to an aromatic ring is 2. The molecule has 1 saturated heterocycles. The molecule has 0 atom stereocenters. The van der Waals surface area contributed by atoms with Crippen LogP contribution >= 0.6 is 0 Å². The molecule has 0 aliphatic carbocycles. The van der Waals surface area contributed by atoms with E-state index < -0.39 is 0 Å². The fourth-order valence-corrected chi connectivity index (χ4v) is 2.50. The van der Waals surface area contributed by atoms with Gasteiger partial charge < -0.3 is 16.5 Å². The van der Waals surface area contributed by atoms with Gasteiger partial charge in [-0.05, 0) is 31.0 Å². The third-order valence-electron chi connectivity index (χ3n) is 3.34. The second-order valence-corrected chi connectivity index (χ2v) is 4.35. The molecule has 1 aliphatic heterocycles. The largest absolute Gasteiger partial charge is 0.398 e. The maximum Gasteiger partial charge on any atom is 0.0943 e. The van der Waals surface area contributed by atoms with Crippen LogP contribution in [0.2, 0.25) is 0 Å². The highest BCUT2D eigenvalue weighted by Crippen LogP contribution is 2.32. The maximum absolute atomic E-state index is 5.95. The second kappa shape index (κ2) is 3.33. The zero-order chi connectivity index (χ0) is 11.1. The van der Waals surface area contributed by atoms with Gasteiger partial charge in [-0.2, -0.15) is 0 Å². The minimum absolute atomic E-state index is 0.794. The summed E-state index contributed by atoms with van der Waals surface area (Å²) in [5.41, 5.74) is 8.99. The fourth-order valence-electron chi connectivity index (χ4n) is 2.50. The van der Waals surface area contributed by atoms with E-state index in [1.807, 2.05) is 18.3 Å². The third kappa shape index (κ3) is 1.23. The Morgan fingerprint density at radius 3 is 2.56 bits per heavy atom. The number of nitrogens with zero attached hydrogens (tertiary/aromatic N) is 2. The molecule has 4 nitrogen and oxygen atoms in total. The average Bonchev–Trinajstić information content (AvgIpc) is 2.90. The molecule has 1 aromatic carbocycles. The molecule has 0 saturated carbocycles. The molecule has 2 aromatic rings. The zero-order valence-electron chi connectivity index (χ0n) is 9.19. The van der Waals surface area contributed by atoms with Crippen LogP contribution in [-0.2, 0) is 0 Å². The van der Waals surface area contributed by atoms with Gasteiger partial charge in [0.2, 0.25) is 0 Å². The summed E-state index contributed by atoms with van der Waals surface area (Å²) < 4.78 is 1.67. The van der Waals surface area contributed by atoms with Gasteiger partial charge in [0.15, 0.2) is 0 Å². The third-order valence-corrected chi connectivity index (χ3v) is 3.34. The van der Waals surface area contributed by atoms with Crippen molar-refractivity contribution in [1.29, 1.82) is 0 Å². The Morgan fingerprint density at radius 2 is 1.81 bits per heavy atom. The molecule has 0 unspecified atom stereocenters. The quantitative estimate of drug-likeness (QED) is 0.561. The van der Waals surface area contributed by atoms with Gasteiger partial charge >= 0.3 is 0 Å². The van der Waals surface area contributed by atoms with E-state index in [4.69, 9.17) is 11.6 Å². The second-order valence-electron chi connectivity index (χ2n) is 4.35. The molecule has 4 N–H and O–H groups in total. The molecule has 0 radical (unpaired) electrons. The topological polar surface area (TPSA) is 60.2 Å².